The van der Waals surface area contributed by atoms with E-state index in [1.807, 2.05) is 26.0 Å². The van der Waals surface area contributed by atoms with Gasteiger partial charge < -0.3 is 10.4 Å². The third-order valence-corrected chi connectivity index (χ3v) is 3.12. The summed E-state index contributed by atoms with van der Waals surface area (Å²) < 4.78 is 1.17. The number of aliphatic hydroxyl groups excluding tert-OH is 1. The van der Waals surface area contributed by atoms with Crippen molar-refractivity contribution in [1.29, 1.82) is 0 Å². The largest absolute Gasteiger partial charge is 0.396 e. The van der Waals surface area contributed by atoms with Crippen LogP contribution in [0, 0.1) is 10.5 Å². The number of pyridine rings is 1. The molecule has 0 saturated heterocycles. The van der Waals surface area contributed by atoms with Crippen LogP contribution in [-0.2, 0) is 0 Å². The molecule has 1 heterocycles. The van der Waals surface area contributed by atoms with Crippen molar-refractivity contribution in [2.24, 2.45) is 0 Å². The second-order valence-electron chi connectivity index (χ2n) is 3.32. The fraction of sp³-hybridized carbons (Fsp3) is 0.500. The zero-order valence-corrected chi connectivity index (χ0v) is 10.6. The summed E-state index contributed by atoms with van der Waals surface area (Å²) in [6, 6.07) is 4.26. The van der Waals surface area contributed by atoms with E-state index < -0.39 is 0 Å². The van der Waals surface area contributed by atoms with Crippen molar-refractivity contribution in [1.82, 2.24) is 4.98 Å². The first-order valence-electron chi connectivity index (χ1n) is 4.64. The smallest absolute Gasteiger partial charge is 0.126 e. The Morgan fingerprint density at radius 1 is 1.57 bits per heavy atom. The van der Waals surface area contributed by atoms with Crippen LogP contribution in [0.2, 0.25) is 0 Å². The number of aliphatic hydroxyl groups is 1. The Bertz CT molecular complexity index is 304. The predicted molar refractivity (Wildman–Crippen MR) is 66.5 cm³/mol. The van der Waals surface area contributed by atoms with E-state index in [-0.39, 0.29) is 12.6 Å². The SMILES string of the molecule is Cc1nc(N[C@@H](C)CCO)ccc1I. The molecule has 1 rings (SSSR count). The maximum absolute atomic E-state index is 8.75. The minimum atomic E-state index is 0.206. The van der Waals surface area contributed by atoms with Gasteiger partial charge in [0.2, 0.25) is 0 Å². The van der Waals surface area contributed by atoms with Gasteiger partial charge >= 0.3 is 0 Å². The van der Waals surface area contributed by atoms with Gasteiger partial charge in [-0.25, -0.2) is 4.98 Å². The molecule has 0 aliphatic rings. The second kappa shape index (κ2) is 5.50. The van der Waals surface area contributed by atoms with Crippen molar-refractivity contribution in [3.63, 3.8) is 0 Å². The highest BCUT2D eigenvalue weighted by atomic mass is 127. The molecule has 0 fully saturated rings. The van der Waals surface area contributed by atoms with Gasteiger partial charge in [0.05, 0.1) is 5.69 Å². The number of aromatic nitrogens is 1. The van der Waals surface area contributed by atoms with E-state index in [1.165, 1.54) is 3.57 Å². The molecule has 0 spiro atoms. The lowest BCUT2D eigenvalue weighted by Crippen LogP contribution is -2.17. The number of nitrogens with zero attached hydrogens (tertiary/aromatic N) is 1. The number of aryl methyl sites for hydroxylation is 1. The molecule has 4 heteroatoms. The average molecular weight is 306 g/mol. The topological polar surface area (TPSA) is 45.2 Å². The van der Waals surface area contributed by atoms with E-state index in [0.717, 1.165) is 17.9 Å². The minimum Gasteiger partial charge on any atom is -0.396 e. The Morgan fingerprint density at radius 2 is 2.29 bits per heavy atom. The maximum Gasteiger partial charge on any atom is 0.126 e. The van der Waals surface area contributed by atoms with Crippen LogP contribution in [0.15, 0.2) is 12.1 Å². The zero-order chi connectivity index (χ0) is 10.6. The summed E-state index contributed by atoms with van der Waals surface area (Å²) in [4.78, 5) is 4.39. The Hall–Kier alpha value is -0.360. The highest BCUT2D eigenvalue weighted by Crippen LogP contribution is 2.13. The summed E-state index contributed by atoms with van der Waals surface area (Å²) >= 11 is 2.26. The van der Waals surface area contributed by atoms with Gasteiger partial charge in [-0.3, -0.25) is 0 Å². The molecule has 0 aromatic carbocycles. The number of nitrogens with one attached hydrogen (secondary N) is 1. The quantitative estimate of drug-likeness (QED) is 0.838. The predicted octanol–water partition coefficient (Wildman–Crippen LogP) is 2.18. The molecule has 0 radical (unpaired) electrons. The molecular weight excluding hydrogens is 291 g/mol. The van der Waals surface area contributed by atoms with Gasteiger partial charge in [0.1, 0.15) is 5.82 Å². The van der Waals surface area contributed by atoms with Gasteiger partial charge in [0, 0.05) is 16.2 Å². The van der Waals surface area contributed by atoms with Crippen LogP contribution in [0.3, 0.4) is 0 Å². The first kappa shape index (κ1) is 11.7. The van der Waals surface area contributed by atoms with Crippen molar-refractivity contribution in [2.45, 2.75) is 26.3 Å². The van der Waals surface area contributed by atoms with Crippen LogP contribution in [-0.4, -0.2) is 22.7 Å². The number of rotatable bonds is 4. The van der Waals surface area contributed by atoms with E-state index in [9.17, 15) is 0 Å². The molecule has 0 aliphatic carbocycles. The van der Waals surface area contributed by atoms with Crippen LogP contribution in [0.5, 0.6) is 0 Å². The molecule has 0 saturated carbocycles. The van der Waals surface area contributed by atoms with Crippen molar-refractivity contribution in [3.05, 3.63) is 21.4 Å². The molecule has 1 aromatic heterocycles. The molecule has 0 aliphatic heterocycles. The number of anilines is 1. The van der Waals surface area contributed by atoms with Crippen molar-refractivity contribution >= 4 is 28.4 Å². The van der Waals surface area contributed by atoms with Crippen molar-refractivity contribution in [2.75, 3.05) is 11.9 Å². The lowest BCUT2D eigenvalue weighted by Gasteiger charge is -2.13. The molecule has 14 heavy (non-hydrogen) atoms. The minimum absolute atomic E-state index is 0.206. The maximum atomic E-state index is 8.75. The fourth-order valence-electron chi connectivity index (χ4n) is 1.14. The van der Waals surface area contributed by atoms with E-state index in [0.29, 0.717) is 0 Å². The standard InChI is InChI=1S/C10H15IN2O/c1-7(5-6-14)12-10-4-3-9(11)8(2)13-10/h3-4,7,14H,5-6H2,1-2H3,(H,12,13)/t7-/m0/s1. The lowest BCUT2D eigenvalue weighted by molar-refractivity contribution is 0.282. The lowest BCUT2D eigenvalue weighted by atomic mass is 10.2. The molecule has 0 amide bonds. The van der Waals surface area contributed by atoms with Gasteiger partial charge in [0.25, 0.3) is 0 Å². The average Bonchev–Trinajstić information content (AvgIpc) is 2.12. The van der Waals surface area contributed by atoms with E-state index >= 15 is 0 Å². The Kier molecular flexibility index (Phi) is 4.60. The highest BCUT2D eigenvalue weighted by molar-refractivity contribution is 14.1. The van der Waals surface area contributed by atoms with Crippen molar-refractivity contribution in [3.8, 4) is 0 Å². The molecule has 3 nitrogen and oxygen atoms in total. The normalized spacial score (nSPS) is 12.6. The Balaban J connectivity index is 2.63. The third kappa shape index (κ3) is 3.42. The number of hydrogen-bond donors (Lipinski definition) is 2. The van der Waals surface area contributed by atoms with Crippen LogP contribution in [0.25, 0.3) is 0 Å². The summed E-state index contributed by atoms with van der Waals surface area (Å²) in [7, 11) is 0. The van der Waals surface area contributed by atoms with Crippen LogP contribution >= 0.6 is 22.6 Å². The van der Waals surface area contributed by atoms with E-state index in [2.05, 4.69) is 32.9 Å². The second-order valence-corrected chi connectivity index (χ2v) is 4.48. The molecule has 0 bridgehead atoms. The number of halogens is 1. The van der Waals surface area contributed by atoms with Gasteiger partial charge in [-0.15, -0.1) is 0 Å². The molecule has 0 unspecified atom stereocenters. The summed E-state index contributed by atoms with van der Waals surface area (Å²) in [6.45, 7) is 4.23. The summed E-state index contributed by atoms with van der Waals surface area (Å²) in [5, 5.41) is 12.0. The van der Waals surface area contributed by atoms with E-state index in [4.69, 9.17) is 5.11 Å². The van der Waals surface area contributed by atoms with Gasteiger partial charge in [-0.1, -0.05) is 0 Å². The summed E-state index contributed by atoms with van der Waals surface area (Å²) in [5.74, 6) is 0.879. The van der Waals surface area contributed by atoms with Gasteiger partial charge in [-0.2, -0.15) is 0 Å². The zero-order valence-electron chi connectivity index (χ0n) is 8.42. The monoisotopic (exact) mass is 306 g/mol. The Labute approximate surface area is 98.1 Å². The molecule has 1 aromatic rings. The van der Waals surface area contributed by atoms with Crippen LogP contribution < -0.4 is 5.32 Å². The van der Waals surface area contributed by atoms with Crippen LogP contribution in [0.1, 0.15) is 19.0 Å². The van der Waals surface area contributed by atoms with E-state index in [1.54, 1.807) is 0 Å². The first-order chi connectivity index (χ1) is 6.63. The van der Waals surface area contributed by atoms with Crippen LogP contribution in [0.4, 0.5) is 5.82 Å². The van der Waals surface area contributed by atoms with Gasteiger partial charge in [-0.05, 0) is 55.0 Å². The first-order valence-corrected chi connectivity index (χ1v) is 5.72. The Morgan fingerprint density at radius 3 is 2.86 bits per heavy atom. The molecule has 2 N–H and O–H groups in total. The molecule has 1 atom stereocenters. The third-order valence-electron chi connectivity index (χ3n) is 1.98. The van der Waals surface area contributed by atoms with Crippen molar-refractivity contribution < 1.29 is 5.11 Å². The molecular formula is C10H15IN2O. The molecule has 78 valence electrons. The number of hydrogen-bond acceptors (Lipinski definition) is 3. The fourth-order valence-corrected chi connectivity index (χ4v) is 1.44. The highest BCUT2D eigenvalue weighted by Gasteiger charge is 2.03. The van der Waals surface area contributed by atoms with Gasteiger partial charge in [0.15, 0.2) is 0 Å². The summed E-state index contributed by atoms with van der Waals surface area (Å²) in [5.41, 5.74) is 1.03. The summed E-state index contributed by atoms with van der Waals surface area (Å²) in [6.07, 6.45) is 0.743.